The number of ether oxygens (including phenoxy) is 1. The van der Waals surface area contributed by atoms with Crippen molar-refractivity contribution in [1.29, 1.82) is 0 Å². The Morgan fingerprint density at radius 3 is 2.88 bits per heavy atom. The van der Waals surface area contributed by atoms with Gasteiger partial charge in [-0.15, -0.1) is 0 Å². The highest BCUT2D eigenvalue weighted by molar-refractivity contribution is 6.09. The Balaban J connectivity index is 1.28. The van der Waals surface area contributed by atoms with Gasteiger partial charge in [-0.3, -0.25) is 9.88 Å². The van der Waals surface area contributed by atoms with Gasteiger partial charge in [0.25, 0.3) is 0 Å². The summed E-state index contributed by atoms with van der Waals surface area (Å²) < 4.78 is 6.97. The molecule has 42 heavy (non-hydrogen) atoms. The van der Waals surface area contributed by atoms with Crippen molar-refractivity contribution in [2.24, 2.45) is 11.3 Å². The Labute approximate surface area is 248 Å². The second-order valence-electron chi connectivity index (χ2n) is 14.0. The number of rotatable bonds is 1. The van der Waals surface area contributed by atoms with E-state index in [0.717, 1.165) is 81.4 Å². The van der Waals surface area contributed by atoms with Crippen molar-refractivity contribution >= 4 is 27.4 Å². The van der Waals surface area contributed by atoms with Crippen molar-refractivity contribution in [2.75, 3.05) is 26.2 Å². The number of nitrogens with one attached hydrogen (secondary N) is 1. The number of benzene rings is 1. The zero-order valence-electron chi connectivity index (χ0n) is 24.5. The molecule has 1 aliphatic carbocycles. The Kier molecular flexibility index (Phi) is 5.73. The van der Waals surface area contributed by atoms with E-state index in [1.165, 1.54) is 29.2 Å². The van der Waals surface area contributed by atoms with Gasteiger partial charge in [0.1, 0.15) is 5.72 Å². The molecule has 218 valence electrons. The molecular weight excluding hydrogens is 520 g/mol. The predicted octanol–water partition coefficient (Wildman–Crippen LogP) is 6.19. The first-order valence-electron chi connectivity index (χ1n) is 16.4. The lowest BCUT2D eigenvalue weighted by Crippen LogP contribution is -2.66. The number of allylic oxidation sites excluding steroid dienone is 3. The maximum absolute atomic E-state index is 13.2. The van der Waals surface area contributed by atoms with Gasteiger partial charge in [0.2, 0.25) is 0 Å². The molecule has 6 nitrogen and oxygen atoms in total. The summed E-state index contributed by atoms with van der Waals surface area (Å²) in [6.07, 6.45) is 23.2. The van der Waals surface area contributed by atoms with E-state index in [9.17, 15) is 5.11 Å². The lowest BCUT2D eigenvalue weighted by molar-refractivity contribution is -0.131. The zero-order chi connectivity index (χ0) is 27.9. The number of nitrogens with zero attached hydrogens (tertiary/aromatic N) is 3. The van der Waals surface area contributed by atoms with E-state index in [0.29, 0.717) is 12.3 Å². The van der Waals surface area contributed by atoms with Crippen LogP contribution in [0.5, 0.6) is 0 Å². The molecule has 2 N–H and O–H groups in total. The highest BCUT2D eigenvalue weighted by atomic mass is 16.5. The van der Waals surface area contributed by atoms with Crippen LogP contribution in [0.4, 0.5) is 0 Å². The molecule has 5 aliphatic heterocycles. The maximum Gasteiger partial charge on any atom is 0.142 e. The van der Waals surface area contributed by atoms with Crippen molar-refractivity contribution in [1.82, 2.24) is 19.8 Å². The summed E-state index contributed by atoms with van der Waals surface area (Å²) in [6, 6.07) is 10.7. The maximum atomic E-state index is 13.2. The number of hydrogen-bond acceptors (Lipinski definition) is 5. The number of pyridine rings is 1. The molecule has 2 aromatic heterocycles. The molecule has 0 saturated carbocycles. The van der Waals surface area contributed by atoms with Crippen LogP contribution in [0.2, 0.25) is 0 Å². The normalized spacial score (nSPS) is 40.5. The average molecular weight is 563 g/mol. The highest BCUT2D eigenvalue weighted by Gasteiger charge is 2.71. The number of H-pyrrole nitrogens is 1. The summed E-state index contributed by atoms with van der Waals surface area (Å²) in [7, 11) is 0. The fraction of sp³-hybridized carbons (Fsp3) is 0.528. The third kappa shape index (κ3) is 3.62. The van der Waals surface area contributed by atoms with Crippen LogP contribution in [0.15, 0.2) is 66.9 Å². The van der Waals surface area contributed by atoms with E-state index in [1.807, 2.05) is 6.20 Å². The topological polar surface area (TPSA) is 64.6 Å². The number of aliphatic hydroxyl groups is 1. The van der Waals surface area contributed by atoms with Crippen molar-refractivity contribution in [3.8, 4) is 0 Å². The zero-order valence-corrected chi connectivity index (χ0v) is 24.5. The molecule has 5 bridgehead atoms. The molecule has 3 saturated heterocycles. The molecule has 6 heteroatoms. The molecule has 7 heterocycles. The molecule has 6 aliphatic rings. The van der Waals surface area contributed by atoms with Crippen LogP contribution in [-0.4, -0.2) is 74.5 Å². The van der Waals surface area contributed by atoms with Crippen LogP contribution in [0.1, 0.15) is 63.5 Å². The van der Waals surface area contributed by atoms with Crippen molar-refractivity contribution in [2.45, 2.75) is 81.3 Å². The lowest BCUT2D eigenvalue weighted by atomic mass is 9.54. The van der Waals surface area contributed by atoms with E-state index in [2.05, 4.69) is 75.5 Å². The van der Waals surface area contributed by atoms with E-state index < -0.39 is 11.3 Å². The lowest BCUT2D eigenvalue weighted by Gasteiger charge is -2.57. The quantitative estimate of drug-likeness (QED) is 0.346. The Bertz CT molecular complexity index is 1640. The van der Waals surface area contributed by atoms with Crippen LogP contribution in [-0.2, 0) is 4.74 Å². The number of aromatic nitrogens is 2. The number of aromatic amines is 1. The number of para-hydroxylation sites is 1. The molecule has 3 fully saturated rings. The van der Waals surface area contributed by atoms with Crippen LogP contribution in [0.3, 0.4) is 0 Å². The minimum absolute atomic E-state index is 0.0131. The molecule has 3 aromatic rings. The van der Waals surface area contributed by atoms with Crippen molar-refractivity contribution in [3.05, 3.63) is 72.6 Å². The smallest absolute Gasteiger partial charge is 0.142 e. The molecule has 0 amide bonds. The van der Waals surface area contributed by atoms with Crippen LogP contribution in [0, 0.1) is 11.3 Å². The van der Waals surface area contributed by atoms with Gasteiger partial charge >= 0.3 is 0 Å². The first kappa shape index (κ1) is 25.7. The van der Waals surface area contributed by atoms with Crippen LogP contribution >= 0.6 is 0 Å². The second kappa shape index (κ2) is 9.36. The molecular formula is C36H42N4O2. The molecule has 9 rings (SSSR count). The largest absolute Gasteiger partial charge is 0.384 e. The van der Waals surface area contributed by atoms with Crippen LogP contribution in [0.25, 0.3) is 27.4 Å². The monoisotopic (exact) mass is 562 g/mol. The molecule has 2 spiro atoms. The SMILES string of the molecule is O[C@]12C=C(c3nccc4c3[nH]c3ccccc34)[C@@H]3CCN(CCCC/C=C\CC1)C[C@@]31C[C@@]34C=C[C@H](CCCN3[C@H]12)O4. The van der Waals surface area contributed by atoms with Crippen LogP contribution < -0.4 is 0 Å². The van der Waals surface area contributed by atoms with Gasteiger partial charge in [0.15, 0.2) is 0 Å². The molecule has 1 aromatic carbocycles. The van der Waals surface area contributed by atoms with Gasteiger partial charge in [0.05, 0.1) is 29.0 Å². The Hall–Kier alpha value is -2.77. The van der Waals surface area contributed by atoms with Gasteiger partial charge in [-0.05, 0) is 100 Å². The van der Waals surface area contributed by atoms with E-state index in [4.69, 9.17) is 9.72 Å². The fourth-order valence-corrected chi connectivity index (χ4v) is 10.1. The van der Waals surface area contributed by atoms with Gasteiger partial charge in [-0.25, -0.2) is 0 Å². The highest BCUT2D eigenvalue weighted by Crippen LogP contribution is 2.65. The Morgan fingerprint density at radius 1 is 0.976 bits per heavy atom. The average Bonchev–Trinajstić information content (AvgIpc) is 3.61. The van der Waals surface area contributed by atoms with E-state index in [1.54, 1.807) is 0 Å². The Morgan fingerprint density at radius 2 is 1.90 bits per heavy atom. The summed E-state index contributed by atoms with van der Waals surface area (Å²) in [6.45, 7) is 4.23. The molecule has 0 radical (unpaired) electrons. The van der Waals surface area contributed by atoms with Gasteiger partial charge in [-0.2, -0.15) is 0 Å². The third-order valence-corrected chi connectivity index (χ3v) is 11.6. The fourth-order valence-electron chi connectivity index (χ4n) is 10.1. The number of hydrogen-bond donors (Lipinski definition) is 2. The first-order chi connectivity index (χ1) is 20.6. The minimum Gasteiger partial charge on any atom is -0.384 e. The molecule has 7 atom stereocenters. The van der Waals surface area contributed by atoms with E-state index >= 15 is 0 Å². The van der Waals surface area contributed by atoms with Crippen molar-refractivity contribution < 1.29 is 9.84 Å². The van der Waals surface area contributed by atoms with Gasteiger partial charge in [0, 0.05) is 47.4 Å². The van der Waals surface area contributed by atoms with Gasteiger partial charge in [-0.1, -0.05) is 36.4 Å². The minimum atomic E-state index is -0.980. The standard InChI is InChI=1S/C36H42N4O2/c41-35-16-7-3-1-2-4-8-19-39-21-15-29(34(24-39)23-36-17-13-25(42-36)10-9-20-40(36)33(34)35)28(22-35)31-32-27(14-18-37-31)26-11-5-6-12-30(26)38-32/h1,3,5-6,11-14,17-18,22,25,29,33,38,41H,2,4,7-10,15-16,19-21,23-24H2/b3-1-/t25-,29-,33+,34-,35-,36-/m0/s1. The predicted molar refractivity (Wildman–Crippen MR) is 167 cm³/mol. The van der Waals surface area contributed by atoms with E-state index in [-0.39, 0.29) is 17.6 Å². The first-order valence-corrected chi connectivity index (χ1v) is 16.4. The number of fused-ring (bicyclic) bond motifs is 5. The molecule has 1 unspecified atom stereocenters. The summed E-state index contributed by atoms with van der Waals surface area (Å²) in [5.74, 6) is 0.307. The van der Waals surface area contributed by atoms with Gasteiger partial charge < -0.3 is 19.7 Å². The summed E-state index contributed by atoms with van der Waals surface area (Å²) in [5, 5.41) is 15.6. The number of piperidine rings is 1. The summed E-state index contributed by atoms with van der Waals surface area (Å²) in [4.78, 5) is 14.2. The second-order valence-corrected chi connectivity index (χ2v) is 14.0. The summed E-state index contributed by atoms with van der Waals surface area (Å²) >= 11 is 0. The van der Waals surface area contributed by atoms with Crippen molar-refractivity contribution in [3.63, 3.8) is 0 Å². The summed E-state index contributed by atoms with van der Waals surface area (Å²) in [5.41, 5.74) is 2.99. The third-order valence-electron chi connectivity index (χ3n) is 11.6.